The second-order valence-electron chi connectivity index (χ2n) is 19.5. The quantitative estimate of drug-likeness (QED) is 0.137. The Hall–Kier alpha value is -7.37. The van der Waals surface area contributed by atoms with E-state index < -0.39 is 0 Å². The molecular weight excluding hydrogens is 793 g/mol. The van der Waals surface area contributed by atoms with Crippen molar-refractivity contribution in [3.63, 3.8) is 0 Å². The summed E-state index contributed by atoms with van der Waals surface area (Å²) >= 11 is 0. The maximum absolute atomic E-state index is 6.85. The average Bonchev–Trinajstić information content (AvgIpc) is 3.93. The fourth-order valence-electron chi connectivity index (χ4n) is 9.43. The largest absolute Gasteiger partial charge is 0.457 e. The number of fused-ring (bicyclic) bond motifs is 3. The van der Waals surface area contributed by atoms with E-state index in [1.54, 1.807) is 0 Å². The molecule has 0 unspecified atom stereocenters. The number of hydrogen-bond acceptors (Lipinski definition) is 4. The van der Waals surface area contributed by atoms with Crippen molar-refractivity contribution in [2.45, 2.75) is 64.7 Å². The second kappa shape index (κ2) is 16.3. The van der Waals surface area contributed by atoms with Crippen LogP contribution in [0.1, 0.15) is 70.7 Å². The van der Waals surface area contributed by atoms with Crippen LogP contribution in [0.15, 0.2) is 206 Å². The third-order valence-electron chi connectivity index (χ3n) is 13.4. The van der Waals surface area contributed by atoms with Crippen molar-refractivity contribution in [3.05, 3.63) is 228 Å². The van der Waals surface area contributed by atoms with Gasteiger partial charge in [-0.15, -0.1) is 0 Å². The van der Waals surface area contributed by atoms with E-state index in [0.29, 0.717) is 6.67 Å². The van der Waals surface area contributed by atoms with E-state index in [9.17, 15) is 0 Å². The van der Waals surface area contributed by atoms with Crippen molar-refractivity contribution >= 4 is 33.2 Å². The van der Waals surface area contributed by atoms with Gasteiger partial charge in [-0.2, -0.15) is 0 Å². The highest BCUT2D eigenvalue weighted by atomic mass is 16.5. The van der Waals surface area contributed by atoms with Crippen molar-refractivity contribution in [2.75, 3.05) is 16.5 Å². The minimum atomic E-state index is -0.309. The van der Waals surface area contributed by atoms with Crippen LogP contribution in [0.2, 0.25) is 0 Å². The summed E-state index contributed by atoms with van der Waals surface area (Å²) in [6.45, 7) is 16.7. The van der Waals surface area contributed by atoms with E-state index in [0.717, 1.165) is 39.4 Å². The number of allylic oxidation sites excluding steroid dienone is 1. The third-order valence-corrected chi connectivity index (χ3v) is 13.4. The molecule has 0 radical (unpaired) electrons. The van der Waals surface area contributed by atoms with E-state index in [1.165, 1.54) is 50.2 Å². The summed E-state index contributed by atoms with van der Waals surface area (Å²) in [7, 11) is 0. The molecule has 0 saturated carbocycles. The second-order valence-corrected chi connectivity index (χ2v) is 19.5. The molecule has 0 atom stereocenters. The Kier molecular flexibility index (Phi) is 10.5. The van der Waals surface area contributed by atoms with Crippen LogP contribution in [0.4, 0.5) is 11.4 Å². The molecule has 0 saturated heterocycles. The number of nitrogens with zero attached hydrogens (tertiary/aromatic N) is 4. The van der Waals surface area contributed by atoms with E-state index in [2.05, 4.69) is 257 Å². The predicted octanol–water partition coefficient (Wildman–Crippen LogP) is 15.4. The summed E-state index contributed by atoms with van der Waals surface area (Å²) in [5, 5.41) is 2.32. The van der Waals surface area contributed by atoms with Crippen LogP contribution < -0.4 is 14.5 Å². The normalized spacial score (nSPS) is 13.4. The maximum Gasteiger partial charge on any atom is 0.137 e. The van der Waals surface area contributed by atoms with Gasteiger partial charge in [-0.1, -0.05) is 170 Å². The highest BCUT2D eigenvalue weighted by Crippen LogP contribution is 2.44. The van der Waals surface area contributed by atoms with Gasteiger partial charge in [0.05, 0.1) is 17.7 Å². The number of ether oxygens (including phenoxy) is 1. The number of hydrogen-bond donors (Lipinski definition) is 0. The molecule has 1 aliphatic heterocycles. The molecule has 0 amide bonds. The lowest BCUT2D eigenvalue weighted by Gasteiger charge is -2.34. The van der Waals surface area contributed by atoms with Gasteiger partial charge in [0.15, 0.2) is 0 Å². The van der Waals surface area contributed by atoms with Gasteiger partial charge in [-0.05, 0) is 93.4 Å². The molecule has 5 nitrogen and oxygen atoms in total. The van der Waals surface area contributed by atoms with Gasteiger partial charge in [-0.25, -0.2) is 4.98 Å². The molecule has 2 aromatic heterocycles. The number of benzene rings is 7. The first kappa shape index (κ1) is 41.6. The molecule has 0 aliphatic carbocycles. The van der Waals surface area contributed by atoms with Gasteiger partial charge in [0, 0.05) is 63.2 Å². The highest BCUT2D eigenvalue weighted by Gasteiger charge is 2.36. The Labute approximate surface area is 383 Å². The summed E-state index contributed by atoms with van der Waals surface area (Å²) in [6.07, 6.45) is 4.29. The third kappa shape index (κ3) is 7.86. The maximum atomic E-state index is 6.85. The topological polar surface area (TPSA) is 33.5 Å². The lowest BCUT2D eigenvalue weighted by Crippen LogP contribution is -2.33. The molecule has 1 aliphatic rings. The van der Waals surface area contributed by atoms with Crippen LogP contribution in [-0.4, -0.2) is 16.2 Å². The Balaban J connectivity index is 1.02. The summed E-state index contributed by atoms with van der Waals surface area (Å²) < 4.78 is 9.13. The van der Waals surface area contributed by atoms with E-state index in [1.807, 2.05) is 6.20 Å². The predicted molar refractivity (Wildman–Crippen MR) is 272 cm³/mol. The van der Waals surface area contributed by atoms with Gasteiger partial charge in [0.25, 0.3) is 0 Å². The zero-order valence-corrected chi connectivity index (χ0v) is 38.5. The molecule has 7 aromatic carbocycles. The van der Waals surface area contributed by atoms with Crippen molar-refractivity contribution in [1.29, 1.82) is 0 Å². The lowest BCUT2D eigenvalue weighted by molar-refractivity contribution is 0.483. The molecular formula is C60H56N4O. The minimum Gasteiger partial charge on any atom is -0.457 e. The molecule has 0 fully saturated rings. The van der Waals surface area contributed by atoms with Gasteiger partial charge in [0.2, 0.25) is 0 Å². The van der Waals surface area contributed by atoms with Crippen molar-refractivity contribution in [1.82, 2.24) is 9.55 Å². The first-order valence-electron chi connectivity index (χ1n) is 22.7. The zero-order chi connectivity index (χ0) is 44.9. The molecule has 0 N–H and O–H groups in total. The van der Waals surface area contributed by atoms with E-state index in [-0.39, 0.29) is 16.2 Å². The number of pyridine rings is 1. The molecule has 0 bridgehead atoms. The zero-order valence-electron chi connectivity index (χ0n) is 38.5. The Morgan fingerprint density at radius 1 is 0.462 bits per heavy atom. The van der Waals surface area contributed by atoms with Crippen LogP contribution in [0, 0.1) is 0 Å². The van der Waals surface area contributed by atoms with Crippen LogP contribution >= 0.6 is 0 Å². The van der Waals surface area contributed by atoms with Crippen LogP contribution in [-0.2, 0) is 16.2 Å². The average molecular weight is 849 g/mol. The van der Waals surface area contributed by atoms with E-state index in [4.69, 9.17) is 9.72 Å². The highest BCUT2D eigenvalue weighted by molar-refractivity contribution is 6.09. The first-order chi connectivity index (χ1) is 31.3. The summed E-state index contributed by atoms with van der Waals surface area (Å²) in [6, 6.07) is 67.2. The molecule has 3 heterocycles. The Bertz CT molecular complexity index is 3190. The monoisotopic (exact) mass is 848 g/mol. The van der Waals surface area contributed by atoms with Crippen molar-refractivity contribution in [3.8, 4) is 28.4 Å². The Morgan fingerprint density at radius 2 is 1.11 bits per heavy atom. The molecule has 9 aromatic rings. The lowest BCUT2D eigenvalue weighted by atomic mass is 9.78. The molecule has 65 heavy (non-hydrogen) atoms. The molecule has 10 rings (SSSR count). The standard InChI is InChI=1S/C60H56N4O/c1-58(2,3)47-34-43(42-20-11-8-12-21-42)35-49(36-47)62-40-56(60(6,7)45-24-15-10-16-25-45)63(41-62)48-26-19-27-50(38-48)65-51-30-31-53-52-28-17-18-29-54(52)64(55(53)39-51)57-37-46(32-33-61-57)59(4,5)44-22-13-9-14-23-44/h8-40H,41H2,1-7H3. The molecule has 322 valence electrons. The van der Waals surface area contributed by atoms with E-state index >= 15 is 0 Å². The summed E-state index contributed by atoms with van der Waals surface area (Å²) in [5.41, 5.74) is 12.5. The van der Waals surface area contributed by atoms with Crippen molar-refractivity contribution in [2.24, 2.45) is 0 Å². The van der Waals surface area contributed by atoms with Crippen molar-refractivity contribution < 1.29 is 4.74 Å². The fraction of sp³-hybridized carbons (Fsp3) is 0.183. The number of aromatic nitrogens is 2. The van der Waals surface area contributed by atoms with Gasteiger partial charge in [0.1, 0.15) is 17.3 Å². The summed E-state index contributed by atoms with van der Waals surface area (Å²) in [5.74, 6) is 2.40. The number of rotatable bonds is 10. The fourth-order valence-corrected chi connectivity index (χ4v) is 9.43. The first-order valence-corrected chi connectivity index (χ1v) is 22.7. The van der Waals surface area contributed by atoms with Gasteiger partial charge in [-0.3, -0.25) is 4.57 Å². The molecule has 0 spiro atoms. The smallest absolute Gasteiger partial charge is 0.137 e. The van der Waals surface area contributed by atoms with Gasteiger partial charge < -0.3 is 14.5 Å². The minimum absolute atomic E-state index is 0.0301. The van der Waals surface area contributed by atoms with Crippen LogP contribution in [0.5, 0.6) is 11.5 Å². The van der Waals surface area contributed by atoms with Crippen LogP contribution in [0.3, 0.4) is 0 Å². The molecule has 5 heteroatoms. The van der Waals surface area contributed by atoms with Crippen LogP contribution in [0.25, 0.3) is 38.8 Å². The Morgan fingerprint density at radius 3 is 1.83 bits per heavy atom. The van der Waals surface area contributed by atoms with Gasteiger partial charge >= 0.3 is 0 Å². The number of anilines is 2. The summed E-state index contributed by atoms with van der Waals surface area (Å²) in [4.78, 5) is 9.84. The number of para-hydroxylation sites is 1. The SMILES string of the molecule is CC(C)(C)c1cc(-c2ccccc2)cc(N2C=C(C(C)(C)c3ccccc3)N(c3cccc(Oc4ccc5c6ccccc6n(-c6cc(C(C)(C)c7ccccc7)ccn6)c5c4)c3)C2)c1.